The third-order valence-corrected chi connectivity index (χ3v) is 6.12. The van der Waals surface area contributed by atoms with E-state index in [0.29, 0.717) is 16.1 Å². The summed E-state index contributed by atoms with van der Waals surface area (Å²) in [7, 11) is 0. The van der Waals surface area contributed by atoms with Crippen LogP contribution in [0.1, 0.15) is 31.3 Å². The van der Waals surface area contributed by atoms with Gasteiger partial charge >= 0.3 is 0 Å². The molecule has 0 atom stereocenters. The Hall–Kier alpha value is -3.64. The van der Waals surface area contributed by atoms with Crippen LogP contribution in [0.15, 0.2) is 71.8 Å². The minimum Gasteiger partial charge on any atom is -0.287 e. The maximum atomic E-state index is 12.8. The lowest BCUT2D eigenvalue weighted by Crippen LogP contribution is -2.22. The minimum absolute atomic E-state index is 0.178. The molecule has 1 aliphatic carbocycles. The van der Waals surface area contributed by atoms with Crippen molar-refractivity contribution in [1.82, 2.24) is 10.4 Å². The first kappa shape index (κ1) is 17.5. The second-order valence-electron chi connectivity index (χ2n) is 6.74. The Labute approximate surface area is 170 Å². The second-order valence-corrected chi connectivity index (χ2v) is 7.74. The van der Waals surface area contributed by atoms with Crippen molar-refractivity contribution in [2.45, 2.75) is 6.92 Å². The van der Waals surface area contributed by atoms with E-state index in [1.165, 1.54) is 11.3 Å². The van der Waals surface area contributed by atoms with Gasteiger partial charge in [-0.25, -0.2) is 10.4 Å². The fourth-order valence-electron chi connectivity index (χ4n) is 3.56. The smallest absolute Gasteiger partial charge is 0.283 e. The van der Waals surface area contributed by atoms with Crippen LogP contribution in [0, 0.1) is 6.92 Å². The van der Waals surface area contributed by atoms with Crippen LogP contribution in [0.4, 0.5) is 0 Å². The van der Waals surface area contributed by atoms with Crippen molar-refractivity contribution < 1.29 is 9.59 Å². The van der Waals surface area contributed by atoms with Gasteiger partial charge in [-0.05, 0) is 12.3 Å². The Bertz CT molecular complexity index is 1320. The van der Waals surface area contributed by atoms with E-state index in [4.69, 9.17) is 0 Å². The van der Waals surface area contributed by atoms with Gasteiger partial charge in [0.05, 0.1) is 5.69 Å². The number of carbonyl (C=O) groups is 2. The Kier molecular flexibility index (Phi) is 4.07. The Morgan fingerprint density at radius 1 is 0.966 bits per heavy atom. The van der Waals surface area contributed by atoms with Gasteiger partial charge in [0, 0.05) is 22.1 Å². The zero-order valence-corrected chi connectivity index (χ0v) is 16.3. The van der Waals surface area contributed by atoms with E-state index >= 15 is 0 Å². The van der Waals surface area contributed by atoms with Crippen LogP contribution in [-0.4, -0.2) is 22.4 Å². The Morgan fingerprint density at radius 2 is 1.69 bits per heavy atom. The molecule has 5 rings (SSSR count). The molecule has 5 nitrogen and oxygen atoms in total. The number of hydrogen-bond donors (Lipinski definition) is 1. The largest absolute Gasteiger partial charge is 0.287 e. The van der Waals surface area contributed by atoms with Crippen molar-refractivity contribution in [1.29, 1.82) is 0 Å². The van der Waals surface area contributed by atoms with Gasteiger partial charge in [-0.1, -0.05) is 66.7 Å². The lowest BCUT2D eigenvalue weighted by Gasteiger charge is -2.01. The number of Topliss-reactive ketones (excluding diaryl/α,β-unsaturated/α-hetero) is 1. The fourth-order valence-corrected chi connectivity index (χ4v) is 4.52. The van der Waals surface area contributed by atoms with Gasteiger partial charge in [0.15, 0.2) is 0 Å². The molecule has 1 aromatic heterocycles. The number of nitrogens with one attached hydrogen (secondary N) is 1. The molecule has 0 saturated carbocycles. The molecule has 1 heterocycles. The SMILES string of the molecule is Cc1nc(-c2ccccc2)sc1C(=O)NN=C1C(=O)c2cccc3cccc1c23. The number of aromatic nitrogens is 1. The summed E-state index contributed by atoms with van der Waals surface area (Å²) in [6, 6.07) is 21.0. The number of hydrazone groups is 1. The summed E-state index contributed by atoms with van der Waals surface area (Å²) >= 11 is 1.31. The molecular weight excluding hydrogens is 382 g/mol. The Balaban J connectivity index is 1.46. The molecule has 0 radical (unpaired) electrons. The van der Waals surface area contributed by atoms with Gasteiger partial charge in [-0.2, -0.15) is 5.10 Å². The highest BCUT2D eigenvalue weighted by molar-refractivity contribution is 7.17. The van der Waals surface area contributed by atoms with Crippen molar-refractivity contribution in [3.05, 3.63) is 88.4 Å². The molecule has 6 heteroatoms. The molecule has 0 unspecified atom stereocenters. The van der Waals surface area contributed by atoms with Crippen LogP contribution in [0.2, 0.25) is 0 Å². The number of rotatable bonds is 3. The molecule has 29 heavy (non-hydrogen) atoms. The molecule has 1 N–H and O–H groups in total. The molecule has 0 aliphatic heterocycles. The molecular formula is C23H15N3O2S. The topological polar surface area (TPSA) is 71.4 Å². The van der Waals surface area contributed by atoms with Crippen LogP contribution < -0.4 is 5.43 Å². The molecule has 0 fully saturated rings. The first-order valence-electron chi connectivity index (χ1n) is 9.11. The summed E-state index contributed by atoms with van der Waals surface area (Å²) in [6.07, 6.45) is 0. The summed E-state index contributed by atoms with van der Waals surface area (Å²) in [5, 5.41) is 6.83. The third kappa shape index (κ3) is 2.85. The highest BCUT2D eigenvalue weighted by Crippen LogP contribution is 2.31. The van der Waals surface area contributed by atoms with Gasteiger partial charge in [0.2, 0.25) is 5.78 Å². The lowest BCUT2D eigenvalue weighted by molar-refractivity contribution is 0.0958. The predicted molar refractivity (Wildman–Crippen MR) is 115 cm³/mol. The number of ketones is 1. The van der Waals surface area contributed by atoms with Gasteiger partial charge in [0.1, 0.15) is 15.6 Å². The summed E-state index contributed by atoms with van der Waals surface area (Å²) in [5.74, 6) is -0.547. The van der Waals surface area contributed by atoms with E-state index in [1.807, 2.05) is 60.7 Å². The standard InChI is InChI=1S/C23H15N3O2S/c1-13-21(29-23(24-13)15-7-3-2-4-8-15)22(28)26-25-19-16-11-5-9-14-10-6-12-17(18(14)16)20(19)27/h2-12H,1H3,(H,26,28). The van der Waals surface area contributed by atoms with Crippen LogP contribution in [0.5, 0.6) is 0 Å². The van der Waals surface area contributed by atoms with Crippen LogP contribution in [0.25, 0.3) is 21.3 Å². The molecule has 4 aromatic rings. The quantitative estimate of drug-likeness (QED) is 0.514. The highest BCUT2D eigenvalue weighted by atomic mass is 32.1. The van der Waals surface area contributed by atoms with Crippen LogP contribution in [0.3, 0.4) is 0 Å². The van der Waals surface area contributed by atoms with E-state index in [9.17, 15) is 9.59 Å². The van der Waals surface area contributed by atoms with Crippen molar-refractivity contribution in [2.75, 3.05) is 0 Å². The summed E-state index contributed by atoms with van der Waals surface area (Å²) in [5.41, 5.74) is 5.77. The van der Waals surface area contributed by atoms with Crippen LogP contribution in [-0.2, 0) is 0 Å². The number of nitrogens with zero attached hydrogens (tertiary/aromatic N) is 2. The summed E-state index contributed by atoms with van der Waals surface area (Å²) < 4.78 is 0. The molecule has 140 valence electrons. The van der Waals surface area contributed by atoms with Crippen LogP contribution >= 0.6 is 11.3 Å². The van der Waals surface area contributed by atoms with Gasteiger partial charge in [-0.3, -0.25) is 9.59 Å². The molecule has 1 aliphatic rings. The number of aryl methyl sites for hydroxylation is 1. The number of thiazole rings is 1. The first-order valence-corrected chi connectivity index (χ1v) is 9.93. The number of benzene rings is 3. The van der Waals surface area contributed by atoms with E-state index in [1.54, 1.807) is 13.0 Å². The maximum Gasteiger partial charge on any atom is 0.283 e. The van der Waals surface area contributed by atoms with Gasteiger partial charge in [0.25, 0.3) is 5.91 Å². The van der Waals surface area contributed by atoms with Gasteiger partial charge in [-0.15, -0.1) is 11.3 Å². The second kappa shape index (κ2) is 6.76. The molecule has 0 saturated heterocycles. The average molecular weight is 397 g/mol. The zero-order chi connectivity index (χ0) is 20.0. The predicted octanol–water partition coefficient (Wildman–Crippen LogP) is 4.60. The minimum atomic E-state index is -0.370. The van der Waals surface area contributed by atoms with Crippen molar-refractivity contribution >= 4 is 39.5 Å². The first-order chi connectivity index (χ1) is 14.1. The molecule has 3 aromatic carbocycles. The maximum absolute atomic E-state index is 12.8. The number of amides is 1. The van der Waals surface area contributed by atoms with Crippen molar-refractivity contribution in [2.24, 2.45) is 5.10 Å². The zero-order valence-electron chi connectivity index (χ0n) is 15.5. The van der Waals surface area contributed by atoms with Crippen molar-refractivity contribution in [3.63, 3.8) is 0 Å². The highest BCUT2D eigenvalue weighted by Gasteiger charge is 2.29. The van der Waals surface area contributed by atoms with E-state index in [-0.39, 0.29) is 17.4 Å². The normalized spacial score (nSPS) is 14.0. The van der Waals surface area contributed by atoms with Gasteiger partial charge < -0.3 is 0 Å². The summed E-state index contributed by atoms with van der Waals surface area (Å²) in [4.78, 5) is 30.5. The molecule has 0 spiro atoms. The third-order valence-electron chi connectivity index (χ3n) is 4.91. The summed E-state index contributed by atoms with van der Waals surface area (Å²) in [6.45, 7) is 1.79. The fraction of sp³-hybridized carbons (Fsp3) is 0.0435. The van der Waals surface area contributed by atoms with Crippen molar-refractivity contribution in [3.8, 4) is 10.6 Å². The van der Waals surface area contributed by atoms with E-state index in [2.05, 4.69) is 15.5 Å². The monoisotopic (exact) mass is 397 g/mol. The Morgan fingerprint density at radius 3 is 2.45 bits per heavy atom. The molecule has 1 amide bonds. The number of hydrogen-bond acceptors (Lipinski definition) is 5. The lowest BCUT2D eigenvalue weighted by atomic mass is 10.1. The molecule has 0 bridgehead atoms. The van der Waals surface area contributed by atoms with E-state index in [0.717, 1.165) is 26.9 Å². The number of carbonyl (C=O) groups excluding carboxylic acids is 2. The van der Waals surface area contributed by atoms with E-state index < -0.39 is 0 Å². The average Bonchev–Trinajstić information content (AvgIpc) is 3.27.